The molecule has 0 aromatic carbocycles. The number of hydrogen-bond acceptors (Lipinski definition) is 6. The van der Waals surface area contributed by atoms with E-state index in [2.05, 4.69) is 81.5 Å². The van der Waals surface area contributed by atoms with Crippen molar-refractivity contribution in [2.45, 2.75) is 303 Å². The fraction of sp³-hybridized carbons (Fsp3) is 0.790. The molecule has 0 saturated heterocycles. The van der Waals surface area contributed by atoms with Crippen LogP contribution >= 0.6 is 0 Å². The fourth-order valence-electron chi connectivity index (χ4n) is 8.38. The fourth-order valence-corrected chi connectivity index (χ4v) is 8.38. The number of hydrogen-bond donors (Lipinski definition) is 0. The second-order valence-electron chi connectivity index (χ2n) is 19.5. The number of rotatable bonds is 53. The Morgan fingerprint density at radius 1 is 0.309 bits per heavy atom. The van der Waals surface area contributed by atoms with Crippen molar-refractivity contribution in [2.75, 3.05) is 13.2 Å². The van der Waals surface area contributed by atoms with Gasteiger partial charge < -0.3 is 14.2 Å². The molecule has 0 fully saturated rings. The maximum Gasteiger partial charge on any atom is 0.306 e. The predicted octanol–water partition coefficient (Wildman–Crippen LogP) is 19.6. The van der Waals surface area contributed by atoms with Gasteiger partial charge in [0.15, 0.2) is 6.10 Å². The molecule has 0 aliphatic heterocycles. The lowest BCUT2D eigenvalue weighted by atomic mass is 10.0. The van der Waals surface area contributed by atoms with Crippen LogP contribution in [0.5, 0.6) is 0 Å². The normalized spacial score (nSPS) is 12.5. The van der Waals surface area contributed by atoms with E-state index in [1.54, 1.807) is 0 Å². The third-order valence-corrected chi connectivity index (χ3v) is 12.7. The first-order valence-electron chi connectivity index (χ1n) is 29.3. The van der Waals surface area contributed by atoms with Gasteiger partial charge in [0, 0.05) is 19.3 Å². The summed E-state index contributed by atoms with van der Waals surface area (Å²) in [5.74, 6) is -0.892. The van der Waals surface area contributed by atoms with E-state index in [1.807, 2.05) is 0 Å². The molecule has 1 atom stereocenters. The molecule has 0 aliphatic carbocycles. The zero-order valence-electron chi connectivity index (χ0n) is 45.1. The molecule has 6 heteroatoms. The first-order chi connectivity index (χ1) is 33.5. The Morgan fingerprint density at radius 3 is 0.956 bits per heavy atom. The molecular weight excluding hydrogens is 841 g/mol. The molecule has 0 radical (unpaired) electrons. The molecule has 0 aromatic rings. The topological polar surface area (TPSA) is 78.9 Å². The van der Waals surface area contributed by atoms with Gasteiger partial charge in [-0.15, -0.1) is 0 Å². The highest BCUT2D eigenvalue weighted by Gasteiger charge is 2.19. The van der Waals surface area contributed by atoms with E-state index in [0.29, 0.717) is 19.3 Å². The zero-order chi connectivity index (χ0) is 49.3. The molecular formula is C62H110O6. The highest BCUT2D eigenvalue weighted by Crippen LogP contribution is 2.17. The van der Waals surface area contributed by atoms with Crippen LogP contribution in [0.4, 0.5) is 0 Å². The minimum Gasteiger partial charge on any atom is -0.462 e. The molecule has 6 nitrogen and oxygen atoms in total. The van der Waals surface area contributed by atoms with Crippen molar-refractivity contribution in [3.05, 3.63) is 60.8 Å². The van der Waals surface area contributed by atoms with Crippen molar-refractivity contribution in [1.82, 2.24) is 0 Å². The molecule has 0 bridgehead atoms. The summed E-state index contributed by atoms with van der Waals surface area (Å²) in [5, 5.41) is 0. The van der Waals surface area contributed by atoms with Crippen LogP contribution < -0.4 is 0 Å². The van der Waals surface area contributed by atoms with E-state index in [4.69, 9.17) is 14.2 Å². The van der Waals surface area contributed by atoms with E-state index >= 15 is 0 Å². The SMILES string of the molecule is CC/C=C\C/C=C\C/C=C\CCCCCCCCCC(=O)OC(COC(=O)CCCCCCC/C=C\C/C=C\CCC)COC(=O)CCCCCCCCCCCCCCCCCCCCCC. The average molecular weight is 952 g/mol. The van der Waals surface area contributed by atoms with Crippen molar-refractivity contribution in [3.8, 4) is 0 Å². The number of esters is 3. The number of carbonyl (C=O) groups is 3. The van der Waals surface area contributed by atoms with Gasteiger partial charge in [-0.2, -0.15) is 0 Å². The second kappa shape index (κ2) is 56.7. The van der Waals surface area contributed by atoms with Crippen LogP contribution in [0.25, 0.3) is 0 Å². The van der Waals surface area contributed by atoms with Crippen molar-refractivity contribution < 1.29 is 28.6 Å². The first kappa shape index (κ1) is 65.1. The first-order valence-corrected chi connectivity index (χ1v) is 29.3. The third-order valence-electron chi connectivity index (χ3n) is 12.7. The Bertz CT molecular complexity index is 1230. The van der Waals surface area contributed by atoms with Gasteiger partial charge in [-0.1, -0.05) is 261 Å². The Morgan fingerprint density at radius 2 is 0.603 bits per heavy atom. The number of allylic oxidation sites excluding steroid dienone is 10. The van der Waals surface area contributed by atoms with Crippen LogP contribution in [0.15, 0.2) is 60.8 Å². The second-order valence-corrected chi connectivity index (χ2v) is 19.5. The molecule has 394 valence electrons. The highest BCUT2D eigenvalue weighted by atomic mass is 16.6. The Balaban J connectivity index is 4.34. The average Bonchev–Trinajstić information content (AvgIpc) is 3.34. The standard InChI is InChI=1S/C62H110O6/c1-4-7-10-13-16-19-22-25-27-29-30-31-33-34-37-40-43-46-49-52-55-61(64)67-58-59(57-66-60(63)54-51-48-45-42-39-36-24-21-18-15-12-9-6-3)68-62(65)56-53-50-47-44-41-38-35-32-28-26-23-20-17-14-11-8-5-2/h8,11-12,15,17,20-21,24,26,28,59H,4-7,9-10,13-14,16,18-19,22-23,25,27,29-58H2,1-3H3/b11-8-,15-12-,20-17-,24-21-,28-26-. The van der Waals surface area contributed by atoms with Crippen LogP contribution in [-0.4, -0.2) is 37.2 Å². The molecule has 0 aromatic heterocycles. The van der Waals surface area contributed by atoms with Gasteiger partial charge >= 0.3 is 17.9 Å². The van der Waals surface area contributed by atoms with E-state index in [-0.39, 0.29) is 31.1 Å². The summed E-state index contributed by atoms with van der Waals surface area (Å²) >= 11 is 0. The molecule has 0 saturated carbocycles. The van der Waals surface area contributed by atoms with E-state index < -0.39 is 6.10 Å². The van der Waals surface area contributed by atoms with Crippen molar-refractivity contribution >= 4 is 17.9 Å². The Hall–Kier alpha value is -2.89. The van der Waals surface area contributed by atoms with Crippen LogP contribution in [0.2, 0.25) is 0 Å². The van der Waals surface area contributed by atoms with Gasteiger partial charge in [-0.25, -0.2) is 0 Å². The van der Waals surface area contributed by atoms with Crippen molar-refractivity contribution in [3.63, 3.8) is 0 Å². The van der Waals surface area contributed by atoms with E-state index in [0.717, 1.165) is 109 Å². The zero-order valence-corrected chi connectivity index (χ0v) is 45.1. The van der Waals surface area contributed by atoms with Gasteiger partial charge in [0.25, 0.3) is 0 Å². The molecule has 0 N–H and O–H groups in total. The monoisotopic (exact) mass is 951 g/mol. The van der Waals surface area contributed by atoms with Gasteiger partial charge in [-0.05, 0) is 77.0 Å². The minimum atomic E-state index is -0.784. The number of unbranched alkanes of at least 4 members (excludes halogenated alkanes) is 32. The predicted molar refractivity (Wildman–Crippen MR) is 293 cm³/mol. The third kappa shape index (κ3) is 54.1. The van der Waals surface area contributed by atoms with Gasteiger partial charge in [0.05, 0.1) is 0 Å². The summed E-state index contributed by atoms with van der Waals surface area (Å²) < 4.78 is 16.9. The van der Waals surface area contributed by atoms with Gasteiger partial charge in [0.2, 0.25) is 0 Å². The van der Waals surface area contributed by atoms with Crippen molar-refractivity contribution in [1.29, 1.82) is 0 Å². The summed E-state index contributed by atoms with van der Waals surface area (Å²) in [5.41, 5.74) is 0. The molecule has 0 aliphatic rings. The molecule has 0 heterocycles. The van der Waals surface area contributed by atoms with Crippen LogP contribution in [0.1, 0.15) is 297 Å². The maximum atomic E-state index is 12.9. The highest BCUT2D eigenvalue weighted by molar-refractivity contribution is 5.71. The summed E-state index contributed by atoms with van der Waals surface area (Å²) in [6.07, 6.45) is 70.7. The van der Waals surface area contributed by atoms with Crippen LogP contribution in [0.3, 0.4) is 0 Å². The lowest BCUT2D eigenvalue weighted by Crippen LogP contribution is -2.30. The number of carbonyl (C=O) groups excluding carboxylic acids is 3. The largest absolute Gasteiger partial charge is 0.462 e. The van der Waals surface area contributed by atoms with Gasteiger partial charge in [-0.3, -0.25) is 14.4 Å². The molecule has 68 heavy (non-hydrogen) atoms. The summed E-state index contributed by atoms with van der Waals surface area (Å²) in [6, 6.07) is 0. The smallest absolute Gasteiger partial charge is 0.306 e. The van der Waals surface area contributed by atoms with Gasteiger partial charge in [0.1, 0.15) is 13.2 Å². The molecule has 1 unspecified atom stereocenters. The van der Waals surface area contributed by atoms with Crippen LogP contribution in [0, 0.1) is 0 Å². The maximum absolute atomic E-state index is 12.9. The lowest BCUT2D eigenvalue weighted by molar-refractivity contribution is -0.167. The Kier molecular flexibility index (Phi) is 54.3. The molecule has 0 amide bonds. The molecule has 0 spiro atoms. The summed E-state index contributed by atoms with van der Waals surface area (Å²) in [7, 11) is 0. The minimum absolute atomic E-state index is 0.0803. The number of ether oxygens (including phenoxy) is 3. The summed E-state index contributed by atoms with van der Waals surface area (Å²) in [6.45, 7) is 6.48. The van der Waals surface area contributed by atoms with Crippen LogP contribution in [-0.2, 0) is 28.6 Å². The Labute approximate surface area is 421 Å². The summed E-state index contributed by atoms with van der Waals surface area (Å²) in [4.78, 5) is 38.2. The quantitative estimate of drug-likeness (QED) is 0.0262. The lowest BCUT2D eigenvalue weighted by Gasteiger charge is -2.18. The molecule has 0 rings (SSSR count). The van der Waals surface area contributed by atoms with Crippen molar-refractivity contribution in [2.24, 2.45) is 0 Å². The van der Waals surface area contributed by atoms with E-state index in [9.17, 15) is 14.4 Å². The van der Waals surface area contributed by atoms with E-state index in [1.165, 1.54) is 148 Å².